The first-order valence-corrected chi connectivity index (χ1v) is 12.1. The number of primary amides is 1. The van der Waals surface area contributed by atoms with Gasteiger partial charge in [-0.1, -0.05) is 36.4 Å². The number of carbonyl (C=O) groups excluding carboxylic acids is 3. The van der Waals surface area contributed by atoms with Crippen molar-refractivity contribution in [3.8, 4) is 11.5 Å². The zero-order chi connectivity index (χ0) is 26.2. The van der Waals surface area contributed by atoms with Gasteiger partial charge in [0.25, 0.3) is 0 Å². The number of amides is 4. The summed E-state index contributed by atoms with van der Waals surface area (Å²) in [4.78, 5) is 52.6. The smallest absolute Gasteiger partial charge is 0.324 e. The third kappa shape index (κ3) is 4.35. The Morgan fingerprint density at radius 1 is 1.08 bits per heavy atom. The Morgan fingerprint density at radius 2 is 1.81 bits per heavy atom. The minimum absolute atomic E-state index is 0.00300. The molecule has 4 atom stereocenters. The molecule has 2 aromatic carbocycles. The summed E-state index contributed by atoms with van der Waals surface area (Å²) >= 11 is 0. The first-order chi connectivity index (χ1) is 17.8. The molecule has 0 aromatic heterocycles. The van der Waals surface area contributed by atoms with Crippen molar-refractivity contribution < 1.29 is 33.8 Å². The molecule has 5 N–H and O–H groups in total. The molecule has 0 bridgehead atoms. The van der Waals surface area contributed by atoms with Gasteiger partial charge in [-0.2, -0.15) is 0 Å². The molecule has 0 radical (unpaired) electrons. The average Bonchev–Trinajstić information content (AvgIpc) is 3.37. The fourth-order valence-electron chi connectivity index (χ4n) is 5.64. The minimum Gasteiger partial charge on any atom is -0.486 e. The fraction of sp³-hybridized carbons (Fsp3) is 0.385. The van der Waals surface area contributed by atoms with E-state index in [-0.39, 0.29) is 25.9 Å². The molecule has 3 aliphatic heterocycles. The van der Waals surface area contributed by atoms with Crippen LogP contribution in [0.2, 0.25) is 0 Å². The van der Waals surface area contributed by atoms with Gasteiger partial charge < -0.3 is 25.6 Å². The number of fused-ring (bicyclic) bond motifs is 2. The lowest BCUT2D eigenvalue weighted by atomic mass is 9.77. The summed E-state index contributed by atoms with van der Waals surface area (Å²) in [6.07, 6.45) is 0.239. The number of nitrogens with zero attached hydrogens (tertiary/aromatic N) is 1. The summed E-state index contributed by atoms with van der Waals surface area (Å²) in [5.74, 6) is -3.19. The maximum Gasteiger partial charge on any atom is 0.324 e. The Morgan fingerprint density at radius 3 is 2.51 bits per heavy atom. The lowest BCUT2D eigenvalue weighted by Gasteiger charge is -2.31. The van der Waals surface area contributed by atoms with Crippen molar-refractivity contribution in [2.45, 2.75) is 31.0 Å². The number of nitrogens with one attached hydrogen (secondary N) is 2. The van der Waals surface area contributed by atoms with Crippen LogP contribution in [0.5, 0.6) is 11.5 Å². The van der Waals surface area contributed by atoms with Gasteiger partial charge in [-0.15, -0.1) is 0 Å². The van der Waals surface area contributed by atoms with Gasteiger partial charge in [0.15, 0.2) is 11.5 Å². The van der Waals surface area contributed by atoms with Gasteiger partial charge in [-0.05, 0) is 36.1 Å². The summed E-state index contributed by atoms with van der Waals surface area (Å²) < 4.78 is 11.3. The van der Waals surface area contributed by atoms with Gasteiger partial charge >= 0.3 is 12.0 Å². The Bertz CT molecular complexity index is 1240. The van der Waals surface area contributed by atoms with Crippen LogP contribution in [0.15, 0.2) is 48.5 Å². The molecule has 4 amide bonds. The van der Waals surface area contributed by atoms with Crippen LogP contribution in [-0.2, 0) is 20.9 Å². The third-order valence-corrected chi connectivity index (χ3v) is 7.28. The highest BCUT2D eigenvalue weighted by atomic mass is 16.6. The fourth-order valence-corrected chi connectivity index (χ4v) is 5.64. The quantitative estimate of drug-likeness (QED) is 0.305. The Kier molecular flexibility index (Phi) is 6.46. The number of urea groups is 1. The topological polar surface area (TPSA) is 160 Å². The van der Waals surface area contributed by atoms with Gasteiger partial charge in [0, 0.05) is 12.6 Å². The molecule has 2 fully saturated rings. The highest BCUT2D eigenvalue weighted by Crippen LogP contribution is 2.51. The highest BCUT2D eigenvalue weighted by molar-refractivity contribution is 6.09. The molecule has 3 aliphatic rings. The largest absolute Gasteiger partial charge is 0.486 e. The van der Waals surface area contributed by atoms with Crippen LogP contribution in [0.4, 0.5) is 4.79 Å². The van der Waals surface area contributed by atoms with Crippen LogP contribution < -0.4 is 25.8 Å². The second kappa shape index (κ2) is 9.74. The zero-order valence-electron chi connectivity index (χ0n) is 20.0. The van der Waals surface area contributed by atoms with Crippen LogP contribution in [0.1, 0.15) is 30.0 Å². The van der Waals surface area contributed by atoms with E-state index in [4.69, 9.17) is 15.2 Å². The van der Waals surface area contributed by atoms with E-state index in [1.807, 2.05) is 30.3 Å². The summed E-state index contributed by atoms with van der Waals surface area (Å²) in [6, 6.07) is 12.8. The zero-order valence-corrected chi connectivity index (χ0v) is 20.0. The number of aliphatic carboxylic acids is 1. The van der Waals surface area contributed by atoms with Crippen molar-refractivity contribution in [1.29, 1.82) is 0 Å². The number of hydrogen-bond acceptors (Lipinski definition) is 7. The van der Waals surface area contributed by atoms with Crippen LogP contribution in [-0.4, -0.2) is 59.1 Å². The van der Waals surface area contributed by atoms with E-state index in [0.717, 1.165) is 10.5 Å². The number of carbonyl (C=O) groups is 4. The van der Waals surface area contributed by atoms with Crippen LogP contribution in [0, 0.1) is 11.8 Å². The lowest BCUT2D eigenvalue weighted by molar-refractivity contribution is -0.152. The second-order valence-electron chi connectivity index (χ2n) is 9.45. The van der Waals surface area contributed by atoms with Crippen molar-refractivity contribution in [3.63, 3.8) is 0 Å². The second-order valence-corrected chi connectivity index (χ2v) is 9.45. The number of ether oxygens (including phenoxy) is 2. The molecule has 0 spiro atoms. The maximum atomic E-state index is 13.7. The Labute approximate surface area is 212 Å². The standard InChI is InChI=1S/C26H28N4O7/c27-25(35)28-10-4-9-26(24(33)34)20-19(22(31)30(23(20)32)14-15-5-2-1-3-6-15)21(29-26)16-7-8-17-18(13-16)37-12-11-36-17/h1-3,5-8,13,19-21,29H,4,9-12,14H2,(H,33,34)(H3,27,28,35). The normalized spacial score (nSPS) is 26.2. The van der Waals surface area contributed by atoms with Gasteiger partial charge in [-0.25, -0.2) is 4.79 Å². The SMILES string of the molecule is NC(=O)NCCCC1(C(=O)O)NC(c2ccc3c(c2)OCCO3)C2C(=O)N(Cc3ccccc3)C(=O)C21. The van der Waals surface area contributed by atoms with Gasteiger partial charge in [-0.3, -0.25) is 24.6 Å². The van der Waals surface area contributed by atoms with Crippen molar-refractivity contribution in [2.75, 3.05) is 19.8 Å². The molecule has 11 heteroatoms. The Hall–Kier alpha value is -4.12. The molecule has 4 unspecified atom stereocenters. The van der Waals surface area contributed by atoms with E-state index < -0.39 is 47.2 Å². The average molecular weight is 509 g/mol. The molecule has 37 heavy (non-hydrogen) atoms. The predicted molar refractivity (Wildman–Crippen MR) is 129 cm³/mol. The predicted octanol–water partition coefficient (Wildman–Crippen LogP) is 1.18. The molecule has 0 saturated carbocycles. The Balaban J connectivity index is 1.52. The van der Waals surface area contributed by atoms with E-state index in [2.05, 4.69) is 10.6 Å². The number of rotatable bonds is 8. The molecule has 5 rings (SSSR count). The van der Waals surface area contributed by atoms with Gasteiger partial charge in [0.1, 0.15) is 18.8 Å². The molecule has 194 valence electrons. The first kappa shape index (κ1) is 24.6. The number of benzene rings is 2. The molecule has 2 aromatic rings. The van der Waals surface area contributed by atoms with Crippen LogP contribution in [0.3, 0.4) is 0 Å². The van der Waals surface area contributed by atoms with E-state index in [1.54, 1.807) is 18.2 Å². The van der Waals surface area contributed by atoms with Crippen LogP contribution >= 0.6 is 0 Å². The molecular formula is C26H28N4O7. The maximum absolute atomic E-state index is 13.7. The number of likely N-dealkylation sites (tertiary alicyclic amines) is 1. The minimum atomic E-state index is -1.72. The number of carboxylic acid groups (broad SMARTS) is 1. The van der Waals surface area contributed by atoms with E-state index in [9.17, 15) is 24.3 Å². The molecular weight excluding hydrogens is 480 g/mol. The number of hydrogen-bond donors (Lipinski definition) is 4. The van der Waals surface area contributed by atoms with E-state index in [1.165, 1.54) is 0 Å². The van der Waals surface area contributed by atoms with Crippen molar-refractivity contribution in [3.05, 3.63) is 59.7 Å². The third-order valence-electron chi connectivity index (χ3n) is 7.28. The molecule has 3 heterocycles. The van der Waals surface area contributed by atoms with Crippen molar-refractivity contribution in [2.24, 2.45) is 17.6 Å². The summed E-state index contributed by atoms with van der Waals surface area (Å²) in [5.41, 5.74) is 4.81. The van der Waals surface area contributed by atoms with E-state index >= 15 is 0 Å². The monoisotopic (exact) mass is 508 g/mol. The van der Waals surface area contributed by atoms with Crippen LogP contribution in [0.25, 0.3) is 0 Å². The molecule has 11 nitrogen and oxygen atoms in total. The van der Waals surface area contributed by atoms with Gasteiger partial charge in [0.05, 0.1) is 18.4 Å². The summed E-state index contributed by atoms with van der Waals surface area (Å²) in [7, 11) is 0. The van der Waals surface area contributed by atoms with Crippen molar-refractivity contribution in [1.82, 2.24) is 15.5 Å². The number of imide groups is 1. The van der Waals surface area contributed by atoms with Crippen molar-refractivity contribution >= 4 is 23.8 Å². The summed E-state index contributed by atoms with van der Waals surface area (Å²) in [6.45, 7) is 0.975. The molecule has 2 saturated heterocycles. The molecule has 0 aliphatic carbocycles. The highest BCUT2D eigenvalue weighted by Gasteiger charge is 2.68. The first-order valence-electron chi connectivity index (χ1n) is 12.1. The lowest BCUT2D eigenvalue weighted by Crippen LogP contribution is -2.56. The summed E-state index contributed by atoms with van der Waals surface area (Å²) in [5, 5.41) is 16.1. The van der Waals surface area contributed by atoms with E-state index in [0.29, 0.717) is 30.3 Å². The number of nitrogens with two attached hydrogens (primary N) is 1. The number of carboxylic acids is 1. The van der Waals surface area contributed by atoms with Gasteiger partial charge in [0.2, 0.25) is 11.8 Å².